The first kappa shape index (κ1) is 15.2. The van der Waals surface area contributed by atoms with E-state index in [1.54, 1.807) is 0 Å². The van der Waals surface area contributed by atoms with E-state index in [4.69, 9.17) is 9.72 Å². The molecule has 1 N–H and O–H groups in total. The van der Waals surface area contributed by atoms with E-state index in [0.717, 1.165) is 55.8 Å². The Kier molecular flexibility index (Phi) is 3.17. The van der Waals surface area contributed by atoms with E-state index in [2.05, 4.69) is 53.8 Å². The monoisotopic (exact) mass is 360 g/mol. The third kappa shape index (κ3) is 2.26. The van der Waals surface area contributed by atoms with Crippen molar-refractivity contribution >= 4 is 33.2 Å². The summed E-state index contributed by atoms with van der Waals surface area (Å²) in [6, 6.07) is 30.9. The standard InChI is InChI=1S/C25H16N2O/c1-2-10-20-16(7-1)15-19-17(8-5-12-21(19)26-20)18-9-6-14-24-25(18)27-22-11-3-4-13-23(22)28-24/h1-15,27H. The molecule has 1 aromatic heterocycles. The maximum atomic E-state index is 6.14. The van der Waals surface area contributed by atoms with Crippen LogP contribution < -0.4 is 10.1 Å². The molecule has 0 bridgehead atoms. The first-order valence-corrected chi connectivity index (χ1v) is 9.33. The zero-order chi connectivity index (χ0) is 18.5. The van der Waals surface area contributed by atoms with Gasteiger partial charge in [-0.3, -0.25) is 0 Å². The van der Waals surface area contributed by atoms with Crippen molar-refractivity contribution in [2.75, 3.05) is 5.32 Å². The number of nitrogens with zero attached hydrogens (tertiary/aromatic N) is 1. The van der Waals surface area contributed by atoms with Gasteiger partial charge in [0.15, 0.2) is 11.5 Å². The molecule has 0 radical (unpaired) electrons. The van der Waals surface area contributed by atoms with E-state index in [0.29, 0.717) is 0 Å². The summed E-state index contributed by atoms with van der Waals surface area (Å²) in [6.07, 6.45) is 0. The second-order valence-electron chi connectivity index (χ2n) is 6.96. The molecule has 1 aliphatic heterocycles. The van der Waals surface area contributed by atoms with Gasteiger partial charge in [0.1, 0.15) is 0 Å². The van der Waals surface area contributed by atoms with Crippen molar-refractivity contribution in [1.82, 2.24) is 4.98 Å². The van der Waals surface area contributed by atoms with E-state index in [1.165, 1.54) is 0 Å². The van der Waals surface area contributed by atoms with Crippen molar-refractivity contribution in [3.8, 4) is 22.6 Å². The number of ether oxygens (including phenoxy) is 1. The summed E-state index contributed by atoms with van der Waals surface area (Å²) >= 11 is 0. The molecular weight excluding hydrogens is 344 g/mol. The van der Waals surface area contributed by atoms with Gasteiger partial charge in [0.2, 0.25) is 0 Å². The van der Waals surface area contributed by atoms with Gasteiger partial charge in [0, 0.05) is 16.3 Å². The lowest BCUT2D eigenvalue weighted by atomic mass is 9.97. The Morgan fingerprint density at radius 1 is 0.643 bits per heavy atom. The highest BCUT2D eigenvalue weighted by Gasteiger charge is 2.20. The quantitative estimate of drug-likeness (QED) is 0.324. The molecule has 0 unspecified atom stereocenters. The Morgan fingerprint density at radius 3 is 2.39 bits per heavy atom. The van der Waals surface area contributed by atoms with Gasteiger partial charge in [-0.2, -0.15) is 0 Å². The largest absolute Gasteiger partial charge is 0.453 e. The summed E-state index contributed by atoms with van der Waals surface area (Å²) in [5, 5.41) is 5.84. The number of hydrogen-bond acceptors (Lipinski definition) is 3. The second-order valence-corrected chi connectivity index (χ2v) is 6.96. The summed E-state index contributed by atoms with van der Waals surface area (Å²) in [7, 11) is 0. The summed E-state index contributed by atoms with van der Waals surface area (Å²) in [5.74, 6) is 1.68. The van der Waals surface area contributed by atoms with Crippen LogP contribution in [0, 0.1) is 0 Å². The molecule has 4 aromatic carbocycles. The van der Waals surface area contributed by atoms with Gasteiger partial charge < -0.3 is 10.1 Å². The van der Waals surface area contributed by atoms with Crippen LogP contribution in [0.1, 0.15) is 0 Å². The number of anilines is 2. The van der Waals surface area contributed by atoms with Gasteiger partial charge in [0.05, 0.1) is 22.4 Å². The van der Waals surface area contributed by atoms with Crippen molar-refractivity contribution in [3.63, 3.8) is 0 Å². The van der Waals surface area contributed by atoms with Crippen LogP contribution in [-0.2, 0) is 0 Å². The van der Waals surface area contributed by atoms with Crippen molar-refractivity contribution < 1.29 is 4.74 Å². The van der Waals surface area contributed by atoms with E-state index in [1.807, 2.05) is 42.5 Å². The minimum atomic E-state index is 0.835. The van der Waals surface area contributed by atoms with Crippen LogP contribution >= 0.6 is 0 Å². The van der Waals surface area contributed by atoms with Crippen molar-refractivity contribution in [2.24, 2.45) is 0 Å². The summed E-state index contributed by atoms with van der Waals surface area (Å²) in [5.41, 5.74) is 6.22. The minimum absolute atomic E-state index is 0.835. The average Bonchev–Trinajstić information content (AvgIpc) is 2.75. The van der Waals surface area contributed by atoms with Crippen LogP contribution in [0.3, 0.4) is 0 Å². The molecule has 0 amide bonds. The number of rotatable bonds is 1. The van der Waals surface area contributed by atoms with Crippen LogP contribution in [0.4, 0.5) is 11.4 Å². The van der Waals surface area contributed by atoms with Gasteiger partial charge in [-0.15, -0.1) is 0 Å². The van der Waals surface area contributed by atoms with Gasteiger partial charge in [-0.1, -0.05) is 54.6 Å². The van der Waals surface area contributed by atoms with Crippen LogP contribution in [0.25, 0.3) is 32.9 Å². The maximum absolute atomic E-state index is 6.14. The summed E-state index contributed by atoms with van der Waals surface area (Å²) < 4.78 is 6.14. The first-order valence-electron chi connectivity index (χ1n) is 9.33. The fourth-order valence-electron chi connectivity index (χ4n) is 3.92. The van der Waals surface area contributed by atoms with E-state index < -0.39 is 0 Å². The van der Waals surface area contributed by atoms with Crippen LogP contribution in [0.2, 0.25) is 0 Å². The Labute approximate surface area is 162 Å². The lowest BCUT2D eigenvalue weighted by Gasteiger charge is -2.24. The first-order chi connectivity index (χ1) is 13.9. The summed E-state index contributed by atoms with van der Waals surface area (Å²) in [6.45, 7) is 0. The lowest BCUT2D eigenvalue weighted by molar-refractivity contribution is 0.481. The third-order valence-corrected chi connectivity index (χ3v) is 5.24. The molecule has 28 heavy (non-hydrogen) atoms. The van der Waals surface area contributed by atoms with E-state index in [-0.39, 0.29) is 0 Å². The normalized spacial score (nSPS) is 12.1. The smallest absolute Gasteiger partial charge is 0.151 e. The zero-order valence-corrected chi connectivity index (χ0v) is 15.0. The van der Waals surface area contributed by atoms with Gasteiger partial charge in [0.25, 0.3) is 0 Å². The number of hydrogen-bond donors (Lipinski definition) is 1. The number of benzene rings is 4. The SMILES string of the molecule is c1ccc2c(c1)Nc1c(cccc1-c1cccc3nc4ccccc4cc13)O2. The average molecular weight is 360 g/mol. The fraction of sp³-hybridized carbons (Fsp3) is 0. The Hall–Kier alpha value is -3.85. The molecule has 3 nitrogen and oxygen atoms in total. The highest BCUT2D eigenvalue weighted by Crippen LogP contribution is 2.47. The Bertz CT molecular complexity index is 1370. The molecule has 0 spiro atoms. The third-order valence-electron chi connectivity index (χ3n) is 5.24. The molecular formula is C25H16N2O. The van der Waals surface area contributed by atoms with Crippen LogP contribution in [0.5, 0.6) is 11.5 Å². The van der Waals surface area contributed by atoms with E-state index in [9.17, 15) is 0 Å². The Morgan fingerprint density at radius 2 is 1.39 bits per heavy atom. The highest BCUT2D eigenvalue weighted by molar-refractivity contribution is 6.04. The van der Waals surface area contributed by atoms with Crippen molar-refractivity contribution in [3.05, 3.63) is 91.0 Å². The fourth-order valence-corrected chi connectivity index (χ4v) is 3.92. The molecule has 0 fully saturated rings. The van der Waals surface area contributed by atoms with Crippen LogP contribution in [0.15, 0.2) is 91.0 Å². The lowest BCUT2D eigenvalue weighted by Crippen LogP contribution is -2.04. The topological polar surface area (TPSA) is 34.2 Å². The molecule has 1 aliphatic rings. The Balaban J connectivity index is 1.60. The zero-order valence-electron chi connectivity index (χ0n) is 15.0. The molecule has 132 valence electrons. The molecule has 0 atom stereocenters. The molecule has 6 rings (SSSR count). The second kappa shape index (κ2) is 5.83. The van der Waals surface area contributed by atoms with Gasteiger partial charge in [-0.05, 0) is 42.0 Å². The van der Waals surface area contributed by atoms with Crippen molar-refractivity contribution in [2.45, 2.75) is 0 Å². The number of pyridine rings is 1. The van der Waals surface area contributed by atoms with Crippen LogP contribution in [-0.4, -0.2) is 4.98 Å². The van der Waals surface area contributed by atoms with Gasteiger partial charge >= 0.3 is 0 Å². The van der Waals surface area contributed by atoms with Gasteiger partial charge in [-0.25, -0.2) is 4.98 Å². The molecule has 0 saturated heterocycles. The predicted octanol–water partition coefficient (Wildman–Crippen LogP) is 6.90. The molecule has 3 heteroatoms. The molecule has 0 aliphatic carbocycles. The van der Waals surface area contributed by atoms with Crippen molar-refractivity contribution in [1.29, 1.82) is 0 Å². The number of para-hydroxylation sites is 4. The number of aromatic nitrogens is 1. The maximum Gasteiger partial charge on any atom is 0.151 e. The van der Waals surface area contributed by atoms with E-state index >= 15 is 0 Å². The number of nitrogens with one attached hydrogen (secondary N) is 1. The molecule has 2 heterocycles. The predicted molar refractivity (Wildman–Crippen MR) is 114 cm³/mol. The highest BCUT2D eigenvalue weighted by atomic mass is 16.5. The molecule has 0 saturated carbocycles. The summed E-state index contributed by atoms with van der Waals surface area (Å²) in [4.78, 5) is 4.86. The minimum Gasteiger partial charge on any atom is -0.453 e. The number of fused-ring (bicyclic) bond motifs is 4. The molecule has 5 aromatic rings.